The molecule has 19 heavy (non-hydrogen) atoms. The molecule has 4 heteroatoms. The smallest absolute Gasteiger partial charge is 0.251 e. The van der Waals surface area contributed by atoms with Crippen LogP contribution in [0.2, 0.25) is 0 Å². The first-order valence-electron chi connectivity index (χ1n) is 6.18. The highest BCUT2D eigenvalue weighted by Crippen LogP contribution is 2.06. The maximum Gasteiger partial charge on any atom is 0.251 e. The molecule has 1 aromatic heterocycles. The lowest BCUT2D eigenvalue weighted by molar-refractivity contribution is 0.0950. The number of aryl methyl sites for hydroxylation is 1. The Morgan fingerprint density at radius 3 is 2.89 bits per heavy atom. The van der Waals surface area contributed by atoms with Gasteiger partial charge in [0.1, 0.15) is 0 Å². The molecule has 0 aliphatic rings. The summed E-state index contributed by atoms with van der Waals surface area (Å²) in [4.78, 5) is 16.3. The third-order valence-electron chi connectivity index (χ3n) is 2.96. The molecule has 4 nitrogen and oxygen atoms in total. The first kappa shape index (κ1) is 13.2. The largest absolute Gasteiger partial charge is 0.346 e. The van der Waals surface area contributed by atoms with Gasteiger partial charge in [-0.25, -0.2) is 0 Å². The summed E-state index contributed by atoms with van der Waals surface area (Å²) < 4.78 is 0. The Bertz CT molecular complexity index is 581. The minimum absolute atomic E-state index is 0.111. The van der Waals surface area contributed by atoms with Crippen LogP contribution in [0.25, 0.3) is 0 Å². The molecule has 0 saturated carbocycles. The Hall–Kier alpha value is -2.20. The zero-order chi connectivity index (χ0) is 13.7. The summed E-state index contributed by atoms with van der Waals surface area (Å²) in [5.41, 5.74) is 9.08. The van der Waals surface area contributed by atoms with Crippen LogP contribution in [0.4, 0.5) is 0 Å². The summed E-state index contributed by atoms with van der Waals surface area (Å²) in [5, 5.41) is 2.87. The Morgan fingerprint density at radius 2 is 2.16 bits per heavy atom. The minimum atomic E-state index is -0.111. The van der Waals surface area contributed by atoms with Gasteiger partial charge < -0.3 is 11.1 Å². The van der Waals surface area contributed by atoms with Crippen molar-refractivity contribution in [1.29, 1.82) is 0 Å². The van der Waals surface area contributed by atoms with Crippen LogP contribution < -0.4 is 11.1 Å². The molecule has 1 aromatic carbocycles. The molecule has 0 spiro atoms. The molecule has 3 N–H and O–H groups in total. The Kier molecular flexibility index (Phi) is 4.26. The van der Waals surface area contributed by atoms with Crippen LogP contribution in [0.15, 0.2) is 42.6 Å². The second kappa shape index (κ2) is 6.11. The molecule has 0 unspecified atom stereocenters. The van der Waals surface area contributed by atoms with Gasteiger partial charge in [-0.05, 0) is 36.2 Å². The third kappa shape index (κ3) is 3.39. The minimum Gasteiger partial charge on any atom is -0.346 e. The van der Waals surface area contributed by atoms with Crippen molar-refractivity contribution in [3.63, 3.8) is 0 Å². The summed E-state index contributed by atoms with van der Waals surface area (Å²) in [5.74, 6) is -0.111. The molecule has 1 amide bonds. The van der Waals surface area contributed by atoms with Gasteiger partial charge in [-0.15, -0.1) is 0 Å². The first-order chi connectivity index (χ1) is 9.20. The molecule has 0 fully saturated rings. The van der Waals surface area contributed by atoms with Gasteiger partial charge in [0.05, 0.1) is 12.2 Å². The highest BCUT2D eigenvalue weighted by atomic mass is 16.1. The Morgan fingerprint density at radius 1 is 1.32 bits per heavy atom. The van der Waals surface area contributed by atoms with E-state index in [-0.39, 0.29) is 5.91 Å². The fourth-order valence-corrected chi connectivity index (χ4v) is 1.81. The van der Waals surface area contributed by atoms with Crippen LogP contribution in [-0.4, -0.2) is 10.9 Å². The van der Waals surface area contributed by atoms with Crippen molar-refractivity contribution >= 4 is 5.91 Å². The predicted molar refractivity (Wildman–Crippen MR) is 74.5 cm³/mol. The molecule has 0 radical (unpaired) electrons. The molecular weight excluding hydrogens is 238 g/mol. The summed E-state index contributed by atoms with van der Waals surface area (Å²) in [6, 6.07) is 11.2. The van der Waals surface area contributed by atoms with Crippen LogP contribution in [0.3, 0.4) is 0 Å². The monoisotopic (exact) mass is 255 g/mol. The number of carbonyl (C=O) groups is 1. The second-order valence-corrected chi connectivity index (χ2v) is 4.35. The van der Waals surface area contributed by atoms with Crippen molar-refractivity contribution in [1.82, 2.24) is 10.3 Å². The van der Waals surface area contributed by atoms with Crippen molar-refractivity contribution in [2.75, 3.05) is 0 Å². The van der Waals surface area contributed by atoms with Crippen molar-refractivity contribution in [3.8, 4) is 0 Å². The number of amides is 1. The molecule has 0 bridgehead atoms. The molecule has 1 heterocycles. The Balaban J connectivity index is 2.03. The van der Waals surface area contributed by atoms with Crippen LogP contribution in [-0.2, 0) is 13.1 Å². The summed E-state index contributed by atoms with van der Waals surface area (Å²) in [6.45, 7) is 2.84. The number of rotatable bonds is 4. The lowest BCUT2D eigenvalue weighted by Crippen LogP contribution is -2.24. The van der Waals surface area contributed by atoms with Gasteiger partial charge >= 0.3 is 0 Å². The third-order valence-corrected chi connectivity index (χ3v) is 2.96. The molecule has 98 valence electrons. The number of nitrogens with one attached hydrogen (secondary N) is 1. The van der Waals surface area contributed by atoms with Gasteiger partial charge in [-0.3, -0.25) is 9.78 Å². The topological polar surface area (TPSA) is 68.0 Å². The number of aromatic nitrogens is 1. The van der Waals surface area contributed by atoms with Crippen LogP contribution in [0.1, 0.15) is 27.2 Å². The summed E-state index contributed by atoms with van der Waals surface area (Å²) >= 11 is 0. The molecule has 0 saturated heterocycles. The van der Waals surface area contributed by atoms with E-state index in [1.165, 1.54) is 0 Å². The van der Waals surface area contributed by atoms with Gasteiger partial charge in [0, 0.05) is 18.3 Å². The van der Waals surface area contributed by atoms with Gasteiger partial charge in [-0.1, -0.05) is 18.2 Å². The average molecular weight is 255 g/mol. The zero-order valence-corrected chi connectivity index (χ0v) is 10.9. The number of pyridine rings is 1. The molecule has 0 aliphatic heterocycles. The lowest BCUT2D eigenvalue weighted by Gasteiger charge is -2.07. The van der Waals surface area contributed by atoms with E-state index in [1.54, 1.807) is 18.3 Å². The Labute approximate surface area is 112 Å². The SMILES string of the molecule is Cc1cccnc1CNC(=O)c1cccc(CN)c1. The van der Waals surface area contributed by atoms with Crippen LogP contribution in [0.5, 0.6) is 0 Å². The number of nitrogens with zero attached hydrogens (tertiary/aromatic N) is 1. The second-order valence-electron chi connectivity index (χ2n) is 4.35. The number of hydrogen-bond acceptors (Lipinski definition) is 3. The maximum atomic E-state index is 12.0. The van der Waals surface area contributed by atoms with Gasteiger partial charge in [-0.2, -0.15) is 0 Å². The van der Waals surface area contributed by atoms with Gasteiger partial charge in [0.15, 0.2) is 0 Å². The number of hydrogen-bond donors (Lipinski definition) is 2. The van der Waals surface area contributed by atoms with E-state index in [4.69, 9.17) is 5.73 Å². The van der Waals surface area contributed by atoms with E-state index in [1.807, 2.05) is 31.2 Å². The number of benzene rings is 1. The molecule has 0 atom stereocenters. The molecular formula is C15H17N3O. The van der Waals surface area contributed by atoms with E-state index >= 15 is 0 Å². The molecule has 0 aliphatic carbocycles. The zero-order valence-electron chi connectivity index (χ0n) is 10.9. The highest BCUT2D eigenvalue weighted by molar-refractivity contribution is 5.94. The van der Waals surface area contributed by atoms with Gasteiger partial charge in [0.2, 0.25) is 0 Å². The highest BCUT2D eigenvalue weighted by Gasteiger charge is 2.07. The quantitative estimate of drug-likeness (QED) is 0.875. The number of nitrogens with two attached hydrogens (primary N) is 1. The lowest BCUT2D eigenvalue weighted by atomic mass is 10.1. The fraction of sp³-hybridized carbons (Fsp3) is 0.200. The van der Waals surface area contributed by atoms with Gasteiger partial charge in [0.25, 0.3) is 5.91 Å². The normalized spacial score (nSPS) is 10.2. The van der Waals surface area contributed by atoms with Crippen molar-refractivity contribution in [2.45, 2.75) is 20.0 Å². The maximum absolute atomic E-state index is 12.0. The first-order valence-corrected chi connectivity index (χ1v) is 6.18. The van der Waals surface area contributed by atoms with Crippen LogP contribution >= 0.6 is 0 Å². The van der Waals surface area contributed by atoms with E-state index in [2.05, 4.69) is 10.3 Å². The number of carbonyl (C=O) groups excluding carboxylic acids is 1. The summed E-state index contributed by atoms with van der Waals surface area (Å²) in [7, 11) is 0. The van der Waals surface area contributed by atoms with Crippen LogP contribution in [0, 0.1) is 6.92 Å². The molecule has 2 rings (SSSR count). The average Bonchev–Trinajstić information content (AvgIpc) is 2.46. The summed E-state index contributed by atoms with van der Waals surface area (Å²) in [6.07, 6.45) is 1.73. The van der Waals surface area contributed by atoms with Crippen molar-refractivity contribution in [2.24, 2.45) is 5.73 Å². The predicted octanol–water partition coefficient (Wildman–Crippen LogP) is 1.78. The van der Waals surface area contributed by atoms with E-state index in [0.29, 0.717) is 18.7 Å². The molecule has 2 aromatic rings. The van der Waals surface area contributed by atoms with Crippen molar-refractivity contribution < 1.29 is 4.79 Å². The van der Waals surface area contributed by atoms with E-state index < -0.39 is 0 Å². The van der Waals surface area contributed by atoms with E-state index in [0.717, 1.165) is 16.8 Å². The van der Waals surface area contributed by atoms with E-state index in [9.17, 15) is 4.79 Å². The van der Waals surface area contributed by atoms with Crippen molar-refractivity contribution in [3.05, 3.63) is 65.0 Å². The standard InChI is InChI=1S/C15H17N3O/c1-11-4-3-7-17-14(11)10-18-15(19)13-6-2-5-12(8-13)9-16/h2-8H,9-10,16H2,1H3,(H,18,19). The fourth-order valence-electron chi connectivity index (χ4n) is 1.81.